The summed E-state index contributed by atoms with van der Waals surface area (Å²) < 4.78 is 5.34. The van der Waals surface area contributed by atoms with Gasteiger partial charge in [-0.15, -0.1) is 12.4 Å². The molecule has 0 aliphatic rings. The summed E-state index contributed by atoms with van der Waals surface area (Å²) in [6.45, 7) is 5.05. The number of nitrogens with one attached hydrogen (secondary N) is 1. The highest BCUT2D eigenvalue weighted by Gasteiger charge is 2.04. The van der Waals surface area contributed by atoms with Crippen molar-refractivity contribution >= 4 is 24.0 Å². The molecule has 0 bridgehead atoms. The van der Waals surface area contributed by atoms with Crippen LogP contribution in [-0.4, -0.2) is 25.2 Å². The van der Waals surface area contributed by atoms with E-state index in [0.717, 1.165) is 11.3 Å². The van der Waals surface area contributed by atoms with Crippen LogP contribution in [0.3, 0.4) is 0 Å². The van der Waals surface area contributed by atoms with E-state index in [1.807, 2.05) is 38.1 Å². The number of nitrogens with two attached hydrogens (primary N) is 1. The standard InChI is InChI=1S/C14H22N2O2.ClH/c1-11(2)18-10-9-16-14(17)8-7-12-5-3-4-6-13(12)15;/h3-6,11H,7-10,15H2,1-2H3,(H,16,17);1H. The van der Waals surface area contributed by atoms with Gasteiger partial charge in [-0.3, -0.25) is 4.79 Å². The molecule has 0 unspecified atom stereocenters. The molecule has 5 heteroatoms. The summed E-state index contributed by atoms with van der Waals surface area (Å²) in [5.41, 5.74) is 7.57. The van der Waals surface area contributed by atoms with E-state index < -0.39 is 0 Å². The summed E-state index contributed by atoms with van der Waals surface area (Å²) >= 11 is 0. The summed E-state index contributed by atoms with van der Waals surface area (Å²) in [6, 6.07) is 7.62. The molecule has 0 heterocycles. The number of carbonyl (C=O) groups excluding carboxylic acids is 1. The summed E-state index contributed by atoms with van der Waals surface area (Å²) in [5, 5.41) is 2.82. The maximum Gasteiger partial charge on any atom is 0.220 e. The molecule has 0 fully saturated rings. The number of anilines is 1. The molecule has 0 spiro atoms. The van der Waals surface area contributed by atoms with Gasteiger partial charge in [-0.2, -0.15) is 0 Å². The first-order valence-electron chi connectivity index (χ1n) is 6.31. The first-order valence-corrected chi connectivity index (χ1v) is 6.31. The molecule has 0 aromatic heterocycles. The summed E-state index contributed by atoms with van der Waals surface area (Å²) in [4.78, 5) is 11.6. The van der Waals surface area contributed by atoms with Crippen molar-refractivity contribution < 1.29 is 9.53 Å². The summed E-state index contributed by atoms with van der Waals surface area (Å²) in [6.07, 6.45) is 1.32. The Hall–Kier alpha value is -1.26. The fourth-order valence-electron chi connectivity index (χ4n) is 1.58. The molecule has 1 amide bonds. The van der Waals surface area contributed by atoms with Crippen LogP contribution >= 0.6 is 12.4 Å². The van der Waals surface area contributed by atoms with Gasteiger partial charge in [0.05, 0.1) is 12.7 Å². The van der Waals surface area contributed by atoms with Crippen molar-refractivity contribution in [2.45, 2.75) is 32.8 Å². The zero-order valence-electron chi connectivity index (χ0n) is 11.5. The summed E-state index contributed by atoms with van der Waals surface area (Å²) in [7, 11) is 0. The van der Waals surface area contributed by atoms with E-state index in [1.54, 1.807) is 0 Å². The lowest BCUT2D eigenvalue weighted by Gasteiger charge is -2.09. The molecule has 4 nitrogen and oxygen atoms in total. The van der Waals surface area contributed by atoms with E-state index in [2.05, 4.69) is 5.32 Å². The molecule has 3 N–H and O–H groups in total. The maximum atomic E-state index is 11.6. The molecule has 19 heavy (non-hydrogen) atoms. The molecule has 0 saturated heterocycles. The van der Waals surface area contributed by atoms with Crippen molar-refractivity contribution in [1.29, 1.82) is 0 Å². The number of aryl methyl sites for hydroxylation is 1. The minimum atomic E-state index is 0. The SMILES string of the molecule is CC(C)OCCNC(=O)CCc1ccccc1N.Cl. The molecule has 0 saturated carbocycles. The third-order valence-corrected chi connectivity index (χ3v) is 2.55. The largest absolute Gasteiger partial charge is 0.399 e. The molecule has 1 aromatic rings. The zero-order chi connectivity index (χ0) is 13.4. The fourth-order valence-corrected chi connectivity index (χ4v) is 1.58. The van der Waals surface area contributed by atoms with Crippen LogP contribution in [0, 0.1) is 0 Å². The van der Waals surface area contributed by atoms with E-state index in [1.165, 1.54) is 0 Å². The molecule has 0 radical (unpaired) electrons. The number of para-hydroxylation sites is 1. The van der Waals surface area contributed by atoms with E-state index >= 15 is 0 Å². The van der Waals surface area contributed by atoms with Crippen LogP contribution in [-0.2, 0) is 16.0 Å². The number of benzene rings is 1. The van der Waals surface area contributed by atoms with Crippen LogP contribution in [0.1, 0.15) is 25.8 Å². The second-order valence-corrected chi connectivity index (χ2v) is 4.47. The van der Waals surface area contributed by atoms with E-state index in [-0.39, 0.29) is 24.4 Å². The van der Waals surface area contributed by atoms with Crippen molar-refractivity contribution in [3.63, 3.8) is 0 Å². The van der Waals surface area contributed by atoms with Gasteiger partial charge in [0.15, 0.2) is 0 Å². The lowest BCUT2D eigenvalue weighted by molar-refractivity contribution is -0.121. The van der Waals surface area contributed by atoms with Crippen LogP contribution in [0.5, 0.6) is 0 Å². The second-order valence-electron chi connectivity index (χ2n) is 4.47. The summed E-state index contributed by atoms with van der Waals surface area (Å²) in [5.74, 6) is 0.0330. The van der Waals surface area contributed by atoms with Gasteiger partial charge in [-0.25, -0.2) is 0 Å². The lowest BCUT2D eigenvalue weighted by Crippen LogP contribution is -2.28. The smallest absolute Gasteiger partial charge is 0.220 e. The number of hydrogen-bond donors (Lipinski definition) is 2. The number of carbonyl (C=O) groups is 1. The predicted molar refractivity (Wildman–Crippen MR) is 80.5 cm³/mol. The van der Waals surface area contributed by atoms with Gasteiger partial charge in [0.2, 0.25) is 5.91 Å². The highest BCUT2D eigenvalue weighted by molar-refractivity contribution is 5.85. The Morgan fingerprint density at radius 3 is 2.68 bits per heavy atom. The Morgan fingerprint density at radius 2 is 2.05 bits per heavy atom. The number of halogens is 1. The molecule has 1 aromatic carbocycles. The van der Waals surface area contributed by atoms with Crippen molar-refractivity contribution in [2.24, 2.45) is 0 Å². The molecular weight excluding hydrogens is 264 g/mol. The molecule has 1 rings (SSSR count). The Balaban J connectivity index is 0.00000324. The number of amides is 1. The monoisotopic (exact) mass is 286 g/mol. The predicted octanol–water partition coefficient (Wildman–Crippen LogP) is 2.16. The quantitative estimate of drug-likeness (QED) is 0.596. The normalized spacial score (nSPS) is 10.1. The van der Waals surface area contributed by atoms with Gasteiger partial charge in [0.1, 0.15) is 0 Å². The molecule has 0 atom stereocenters. The number of nitrogen functional groups attached to an aromatic ring is 1. The third-order valence-electron chi connectivity index (χ3n) is 2.55. The minimum absolute atomic E-state index is 0. The van der Waals surface area contributed by atoms with Gasteiger partial charge in [0.25, 0.3) is 0 Å². The molecule has 0 aliphatic heterocycles. The number of hydrogen-bond acceptors (Lipinski definition) is 3. The van der Waals surface area contributed by atoms with E-state index in [4.69, 9.17) is 10.5 Å². The van der Waals surface area contributed by atoms with Gasteiger partial charge < -0.3 is 15.8 Å². The minimum Gasteiger partial charge on any atom is -0.399 e. The topological polar surface area (TPSA) is 64.3 Å². The van der Waals surface area contributed by atoms with Crippen LogP contribution in [0.25, 0.3) is 0 Å². The van der Waals surface area contributed by atoms with Crippen LogP contribution in [0.15, 0.2) is 24.3 Å². The van der Waals surface area contributed by atoms with Crippen molar-refractivity contribution in [3.05, 3.63) is 29.8 Å². The number of rotatable bonds is 7. The maximum absolute atomic E-state index is 11.6. The average Bonchev–Trinajstić information content (AvgIpc) is 2.33. The molecular formula is C14H23ClN2O2. The third kappa shape index (κ3) is 7.70. The first kappa shape index (κ1) is 17.7. The molecule has 108 valence electrons. The van der Waals surface area contributed by atoms with Crippen LogP contribution in [0.2, 0.25) is 0 Å². The van der Waals surface area contributed by atoms with Crippen molar-refractivity contribution in [2.75, 3.05) is 18.9 Å². The van der Waals surface area contributed by atoms with Crippen LogP contribution < -0.4 is 11.1 Å². The lowest BCUT2D eigenvalue weighted by atomic mass is 10.1. The van der Waals surface area contributed by atoms with Gasteiger partial charge >= 0.3 is 0 Å². The number of ether oxygens (including phenoxy) is 1. The van der Waals surface area contributed by atoms with Gasteiger partial charge in [0, 0.05) is 18.7 Å². The highest BCUT2D eigenvalue weighted by atomic mass is 35.5. The van der Waals surface area contributed by atoms with Gasteiger partial charge in [-0.05, 0) is 31.9 Å². The Kier molecular flexibility index (Phi) is 9.00. The van der Waals surface area contributed by atoms with Crippen molar-refractivity contribution in [3.8, 4) is 0 Å². The van der Waals surface area contributed by atoms with E-state index in [0.29, 0.717) is 26.0 Å². The van der Waals surface area contributed by atoms with Gasteiger partial charge in [-0.1, -0.05) is 18.2 Å². The highest BCUT2D eigenvalue weighted by Crippen LogP contribution is 2.12. The Labute approximate surface area is 121 Å². The Bertz CT molecular complexity index is 383. The first-order chi connectivity index (χ1) is 8.59. The average molecular weight is 287 g/mol. The fraction of sp³-hybridized carbons (Fsp3) is 0.500. The second kappa shape index (κ2) is 9.64. The molecule has 0 aliphatic carbocycles. The van der Waals surface area contributed by atoms with Crippen LogP contribution in [0.4, 0.5) is 5.69 Å². The van der Waals surface area contributed by atoms with Crippen molar-refractivity contribution in [1.82, 2.24) is 5.32 Å². The van der Waals surface area contributed by atoms with E-state index in [9.17, 15) is 4.79 Å². The Morgan fingerprint density at radius 1 is 1.37 bits per heavy atom. The zero-order valence-corrected chi connectivity index (χ0v) is 12.3.